The summed E-state index contributed by atoms with van der Waals surface area (Å²) >= 11 is 0. The van der Waals surface area contributed by atoms with Gasteiger partial charge in [-0.1, -0.05) is 6.07 Å². The summed E-state index contributed by atoms with van der Waals surface area (Å²) in [5.41, 5.74) is 0.316. The lowest BCUT2D eigenvalue weighted by atomic mass is 9.77. The van der Waals surface area contributed by atoms with E-state index in [0.717, 1.165) is 25.9 Å². The Balaban J connectivity index is 1.59. The van der Waals surface area contributed by atoms with E-state index in [1.54, 1.807) is 26.1 Å². The average Bonchev–Trinajstić information content (AvgIpc) is 2.83. The highest BCUT2D eigenvalue weighted by Crippen LogP contribution is 2.45. The van der Waals surface area contributed by atoms with Crippen LogP contribution in [-0.4, -0.2) is 67.6 Å². The molecule has 2 saturated heterocycles. The van der Waals surface area contributed by atoms with Gasteiger partial charge in [-0.2, -0.15) is 12.7 Å². The van der Waals surface area contributed by atoms with Crippen molar-refractivity contribution in [3.63, 3.8) is 0 Å². The summed E-state index contributed by atoms with van der Waals surface area (Å²) in [5.74, 6) is -0.374. The van der Waals surface area contributed by atoms with E-state index in [0.29, 0.717) is 30.6 Å². The Morgan fingerprint density at radius 2 is 1.97 bits per heavy atom. The number of rotatable bonds is 5. The first-order chi connectivity index (χ1) is 14.5. The molecule has 0 aromatic heterocycles. The van der Waals surface area contributed by atoms with E-state index in [1.165, 1.54) is 21.1 Å². The van der Waals surface area contributed by atoms with Crippen molar-refractivity contribution in [2.24, 2.45) is 0 Å². The molecular formula is C23H36FN3O3S. The van der Waals surface area contributed by atoms with Gasteiger partial charge in [0.2, 0.25) is 0 Å². The van der Waals surface area contributed by atoms with Crippen LogP contribution in [-0.2, 0) is 14.9 Å². The number of halogens is 1. The second-order valence-electron chi connectivity index (χ2n) is 10.2. The lowest BCUT2D eigenvalue weighted by molar-refractivity contribution is -0.148. The van der Waals surface area contributed by atoms with Gasteiger partial charge in [-0.25, -0.2) is 4.39 Å². The molecule has 8 heteroatoms. The zero-order valence-corrected chi connectivity index (χ0v) is 20.2. The maximum Gasteiger partial charge on any atom is 0.304 e. The second kappa shape index (κ2) is 7.97. The minimum Gasteiger partial charge on any atom is -0.371 e. The van der Waals surface area contributed by atoms with Gasteiger partial charge in [0.25, 0.3) is 0 Å². The van der Waals surface area contributed by atoms with Crippen LogP contribution in [0.25, 0.3) is 0 Å². The molecule has 1 saturated carbocycles. The van der Waals surface area contributed by atoms with Crippen molar-refractivity contribution in [1.29, 1.82) is 0 Å². The Hall–Kier alpha value is -1.22. The molecule has 2 heterocycles. The zero-order chi connectivity index (χ0) is 22.6. The van der Waals surface area contributed by atoms with E-state index < -0.39 is 15.7 Å². The fourth-order valence-electron chi connectivity index (χ4n) is 5.73. The summed E-state index contributed by atoms with van der Waals surface area (Å²) < 4.78 is 50.1. The predicted octanol–water partition coefficient (Wildman–Crippen LogP) is 3.70. The van der Waals surface area contributed by atoms with Gasteiger partial charge in [0, 0.05) is 32.7 Å². The molecular weight excluding hydrogens is 417 g/mol. The van der Waals surface area contributed by atoms with Gasteiger partial charge >= 0.3 is 10.2 Å². The van der Waals surface area contributed by atoms with Gasteiger partial charge in [0.15, 0.2) is 0 Å². The molecule has 2 atom stereocenters. The minimum absolute atomic E-state index is 0.0642. The number of likely N-dealkylation sites (tertiary alicyclic amines) is 1. The molecule has 4 rings (SSSR count). The average molecular weight is 454 g/mol. The number of hydrogen-bond donors (Lipinski definition) is 0. The first-order valence-electron chi connectivity index (χ1n) is 11.4. The molecule has 1 aromatic rings. The minimum atomic E-state index is -3.69. The van der Waals surface area contributed by atoms with E-state index in [-0.39, 0.29) is 23.6 Å². The molecule has 1 aliphatic carbocycles. The van der Waals surface area contributed by atoms with Gasteiger partial charge in [-0.05, 0) is 77.5 Å². The maximum absolute atomic E-state index is 14.4. The van der Waals surface area contributed by atoms with Crippen LogP contribution in [0.1, 0.15) is 58.4 Å². The normalized spacial score (nSPS) is 30.8. The molecule has 0 unspecified atom stereocenters. The van der Waals surface area contributed by atoms with E-state index in [9.17, 15) is 12.8 Å². The molecule has 3 fully saturated rings. The van der Waals surface area contributed by atoms with Crippen molar-refractivity contribution >= 4 is 15.9 Å². The van der Waals surface area contributed by atoms with E-state index >= 15 is 0 Å². The van der Waals surface area contributed by atoms with Gasteiger partial charge in [-0.3, -0.25) is 9.21 Å². The van der Waals surface area contributed by atoms with Gasteiger partial charge in [0.1, 0.15) is 5.82 Å². The van der Waals surface area contributed by atoms with Crippen molar-refractivity contribution < 1.29 is 17.5 Å². The highest BCUT2D eigenvalue weighted by molar-refractivity contribution is 7.90. The SMILES string of the molecule is Cc1ccc(N2[C@@]3(CCN(CC4(OC(C)C)CCC4)[C@@H](C)C3)CN(C)S2(=O)=O)cc1F. The molecule has 0 N–H and O–H groups in total. The first kappa shape index (κ1) is 23.0. The lowest BCUT2D eigenvalue weighted by Crippen LogP contribution is -2.61. The predicted molar refractivity (Wildman–Crippen MR) is 121 cm³/mol. The van der Waals surface area contributed by atoms with Crippen molar-refractivity contribution in [3.8, 4) is 0 Å². The highest BCUT2D eigenvalue weighted by atomic mass is 32.2. The van der Waals surface area contributed by atoms with Crippen LogP contribution in [0.3, 0.4) is 0 Å². The smallest absolute Gasteiger partial charge is 0.304 e. The number of nitrogens with zero attached hydrogens (tertiary/aromatic N) is 3. The van der Waals surface area contributed by atoms with Crippen LogP contribution in [0.15, 0.2) is 18.2 Å². The van der Waals surface area contributed by atoms with Crippen LogP contribution < -0.4 is 4.31 Å². The fraction of sp³-hybridized carbons (Fsp3) is 0.739. The molecule has 6 nitrogen and oxygen atoms in total. The summed E-state index contributed by atoms with van der Waals surface area (Å²) in [4.78, 5) is 2.46. The van der Waals surface area contributed by atoms with Crippen LogP contribution in [0, 0.1) is 12.7 Å². The van der Waals surface area contributed by atoms with Crippen molar-refractivity contribution in [2.75, 3.05) is 31.0 Å². The number of piperidine rings is 1. The zero-order valence-electron chi connectivity index (χ0n) is 19.4. The largest absolute Gasteiger partial charge is 0.371 e. The van der Waals surface area contributed by atoms with Gasteiger partial charge in [-0.15, -0.1) is 0 Å². The molecule has 3 aliphatic rings. The van der Waals surface area contributed by atoms with Crippen molar-refractivity contribution in [1.82, 2.24) is 9.21 Å². The summed E-state index contributed by atoms with van der Waals surface area (Å²) in [5, 5.41) is 0. The summed E-state index contributed by atoms with van der Waals surface area (Å²) in [6.45, 7) is 10.2. The number of ether oxygens (including phenoxy) is 1. The molecule has 0 amide bonds. The molecule has 2 aliphatic heterocycles. The maximum atomic E-state index is 14.4. The van der Waals surface area contributed by atoms with E-state index in [4.69, 9.17) is 4.74 Å². The van der Waals surface area contributed by atoms with Gasteiger partial charge in [0.05, 0.1) is 22.9 Å². The topological polar surface area (TPSA) is 53.1 Å². The van der Waals surface area contributed by atoms with Crippen molar-refractivity contribution in [2.45, 2.75) is 83.1 Å². The monoisotopic (exact) mass is 453 g/mol. The molecule has 0 radical (unpaired) electrons. The number of benzene rings is 1. The third kappa shape index (κ3) is 4.01. The number of hydrogen-bond acceptors (Lipinski definition) is 4. The molecule has 174 valence electrons. The fourth-order valence-corrected chi connectivity index (χ4v) is 7.51. The Morgan fingerprint density at radius 3 is 2.52 bits per heavy atom. The Bertz CT molecular complexity index is 934. The van der Waals surface area contributed by atoms with Gasteiger partial charge < -0.3 is 4.74 Å². The number of anilines is 1. The van der Waals surface area contributed by atoms with Crippen LogP contribution in [0.4, 0.5) is 10.1 Å². The summed E-state index contributed by atoms with van der Waals surface area (Å²) in [6.07, 6.45) is 5.01. The quantitative estimate of drug-likeness (QED) is 0.682. The second-order valence-corrected chi connectivity index (χ2v) is 12.0. The Labute approximate surface area is 186 Å². The lowest BCUT2D eigenvalue weighted by Gasteiger charge is -2.52. The number of likely N-dealkylation sites (N-methyl/N-ethyl adjacent to an activating group) is 1. The third-order valence-corrected chi connectivity index (χ3v) is 9.34. The molecule has 0 bridgehead atoms. The molecule has 1 spiro atoms. The van der Waals surface area contributed by atoms with Crippen molar-refractivity contribution in [3.05, 3.63) is 29.6 Å². The Kier molecular flexibility index (Phi) is 5.90. The van der Waals surface area contributed by atoms with Crippen LogP contribution in [0.5, 0.6) is 0 Å². The van der Waals surface area contributed by atoms with E-state index in [1.807, 2.05) is 0 Å². The summed E-state index contributed by atoms with van der Waals surface area (Å²) in [6, 6.07) is 4.97. The third-order valence-electron chi connectivity index (χ3n) is 7.37. The number of aryl methyl sites for hydroxylation is 1. The highest BCUT2D eigenvalue weighted by Gasteiger charge is 2.56. The first-order valence-corrected chi connectivity index (χ1v) is 12.8. The van der Waals surface area contributed by atoms with Crippen LogP contribution >= 0.6 is 0 Å². The molecule has 1 aromatic carbocycles. The van der Waals surface area contributed by atoms with E-state index in [2.05, 4.69) is 25.7 Å². The van der Waals surface area contributed by atoms with Crippen LogP contribution in [0.2, 0.25) is 0 Å². The molecule has 31 heavy (non-hydrogen) atoms. The summed E-state index contributed by atoms with van der Waals surface area (Å²) in [7, 11) is -2.06. The Morgan fingerprint density at radius 1 is 1.26 bits per heavy atom. The standard InChI is InChI=1S/C23H36FN3O3S/c1-17(2)30-23(9-6-10-23)16-26-12-11-22(14-19(26)4)15-25(5)31(28,29)27(22)20-8-7-18(3)21(24)13-20/h7-8,13,17,19H,6,9-12,14-16H2,1-5H3/t19-,22+/m0/s1.